The first-order valence-corrected chi connectivity index (χ1v) is 17.1. The SMILES string of the molecule is CC(N)C(=O)NCC1NC(=O)C(C(=O)O)NC(=O)C(O)CCC(=O)C(C(C)O)NC(=O)C(C(O)C(O)C(N)=O)NC(=O)C(C(C)C)CC(=O)C(CO)CC1=O. The minimum absolute atomic E-state index is 0.716. The smallest absolute Gasteiger partial charge is 0.336 e. The Bertz CT molecular complexity index is 1470. The molecule has 11 unspecified atom stereocenters. The van der Waals surface area contributed by atoms with Crippen molar-refractivity contribution in [3.8, 4) is 0 Å². The average Bonchev–Trinajstić information content (AvgIpc) is 3.10. The van der Waals surface area contributed by atoms with Gasteiger partial charge in [0.1, 0.15) is 36.1 Å². The Hall–Kier alpha value is -4.94. The standard InChI is InChI=1S/C32H51N7O16/c1-11(2)15-8-19(44)14(10-40)7-20(45)16(9-35-27(49)12(3)33)36-31(53)23(32(54)55)39-29(51)18(43)6-5-17(42)21(13(4)41)37-30(52)22(38-28(15)50)24(46)25(47)26(34)48/h11-16,18,21-25,40-41,43,46-47H,5-10,33H2,1-4H3,(H2,34,48)(H,35,49)(H,36,53)(H,37,52)(H,38,50)(H,39,51)(H,54,55). The maximum absolute atomic E-state index is 13.6. The molecule has 1 aliphatic heterocycles. The number of Topliss-reactive ketones (excluding diaryl/α,β-unsaturated/α-hetero) is 3. The van der Waals surface area contributed by atoms with E-state index in [1.807, 2.05) is 10.6 Å². The summed E-state index contributed by atoms with van der Waals surface area (Å²) in [5.74, 6) is -16.7. The summed E-state index contributed by atoms with van der Waals surface area (Å²) in [6.45, 7) is 3.53. The molecule has 0 spiro atoms. The van der Waals surface area contributed by atoms with Crippen LogP contribution in [0.15, 0.2) is 0 Å². The molecule has 23 nitrogen and oxygen atoms in total. The highest BCUT2D eigenvalue weighted by molar-refractivity contribution is 6.06. The molecule has 1 saturated heterocycles. The van der Waals surface area contributed by atoms with Crippen LogP contribution in [0.3, 0.4) is 0 Å². The molecule has 0 aromatic rings. The van der Waals surface area contributed by atoms with E-state index in [1.165, 1.54) is 20.8 Å². The number of hydrogen-bond donors (Lipinski definition) is 13. The molecule has 310 valence electrons. The maximum Gasteiger partial charge on any atom is 0.336 e. The van der Waals surface area contributed by atoms with Crippen molar-refractivity contribution in [1.29, 1.82) is 0 Å². The predicted octanol–water partition coefficient (Wildman–Crippen LogP) is -7.42. The lowest BCUT2D eigenvalue weighted by Crippen LogP contribution is -2.62. The zero-order valence-corrected chi connectivity index (χ0v) is 30.6. The molecule has 55 heavy (non-hydrogen) atoms. The number of ketones is 3. The van der Waals surface area contributed by atoms with Gasteiger partial charge in [0.15, 0.2) is 17.7 Å². The van der Waals surface area contributed by atoms with Crippen LogP contribution in [0.1, 0.15) is 53.4 Å². The number of rotatable bonds is 10. The first-order chi connectivity index (χ1) is 25.4. The molecule has 6 amide bonds. The highest BCUT2D eigenvalue weighted by atomic mass is 16.4. The van der Waals surface area contributed by atoms with Crippen LogP contribution in [0, 0.1) is 17.8 Å². The van der Waals surface area contributed by atoms with Gasteiger partial charge in [0.05, 0.1) is 18.8 Å². The van der Waals surface area contributed by atoms with E-state index < -0.39 is 170 Å². The van der Waals surface area contributed by atoms with Crippen LogP contribution in [0.4, 0.5) is 0 Å². The summed E-state index contributed by atoms with van der Waals surface area (Å²) in [4.78, 5) is 129. The molecule has 0 radical (unpaired) electrons. The third-order valence-corrected chi connectivity index (χ3v) is 8.71. The fourth-order valence-corrected chi connectivity index (χ4v) is 5.22. The maximum atomic E-state index is 13.6. The molecule has 15 N–H and O–H groups in total. The number of aliphatic hydroxyl groups is 5. The zero-order valence-electron chi connectivity index (χ0n) is 30.6. The van der Waals surface area contributed by atoms with Gasteiger partial charge in [0.2, 0.25) is 35.6 Å². The zero-order chi connectivity index (χ0) is 42.5. The summed E-state index contributed by atoms with van der Waals surface area (Å²) in [5.41, 5.74) is 10.6. The largest absolute Gasteiger partial charge is 0.479 e. The molecule has 1 aliphatic rings. The summed E-state index contributed by atoms with van der Waals surface area (Å²) in [6, 6.07) is -9.53. The van der Waals surface area contributed by atoms with Gasteiger partial charge in [-0.2, -0.15) is 0 Å². The van der Waals surface area contributed by atoms with Crippen LogP contribution in [-0.4, -0.2) is 157 Å². The predicted molar refractivity (Wildman–Crippen MR) is 183 cm³/mol. The third kappa shape index (κ3) is 14.3. The Kier molecular flexibility index (Phi) is 19.1. The first-order valence-electron chi connectivity index (χ1n) is 17.1. The van der Waals surface area contributed by atoms with Gasteiger partial charge in [-0.25, -0.2) is 4.79 Å². The van der Waals surface area contributed by atoms with Crippen LogP contribution >= 0.6 is 0 Å². The second-order valence-corrected chi connectivity index (χ2v) is 13.5. The lowest BCUT2D eigenvalue weighted by molar-refractivity contribution is -0.148. The third-order valence-electron chi connectivity index (χ3n) is 8.71. The number of primary amides is 1. The van der Waals surface area contributed by atoms with Crippen LogP contribution in [0.5, 0.6) is 0 Å². The summed E-state index contributed by atoms with van der Waals surface area (Å²) in [5, 5.41) is 71.6. The number of aliphatic hydroxyl groups excluding tert-OH is 5. The number of nitrogens with one attached hydrogen (secondary N) is 5. The van der Waals surface area contributed by atoms with Gasteiger partial charge < -0.3 is 68.7 Å². The van der Waals surface area contributed by atoms with E-state index in [0.29, 0.717) is 0 Å². The number of carboxylic acid groups (broad SMARTS) is 1. The van der Waals surface area contributed by atoms with Crippen molar-refractivity contribution in [2.45, 2.75) is 108 Å². The molecule has 0 aromatic heterocycles. The van der Waals surface area contributed by atoms with Crippen molar-refractivity contribution in [3.63, 3.8) is 0 Å². The van der Waals surface area contributed by atoms with E-state index >= 15 is 0 Å². The van der Waals surface area contributed by atoms with E-state index in [9.17, 15) is 78.6 Å². The van der Waals surface area contributed by atoms with Crippen molar-refractivity contribution < 1.29 is 78.6 Å². The van der Waals surface area contributed by atoms with Crippen molar-refractivity contribution in [3.05, 3.63) is 0 Å². The number of hydrogen-bond acceptors (Lipinski definition) is 16. The number of carbonyl (C=O) groups is 10. The molecular formula is C32H51N7O16. The van der Waals surface area contributed by atoms with E-state index in [2.05, 4.69) is 10.6 Å². The summed E-state index contributed by atoms with van der Waals surface area (Å²) >= 11 is 0. The number of amides is 6. The van der Waals surface area contributed by atoms with E-state index in [-0.39, 0.29) is 0 Å². The number of carbonyl (C=O) groups excluding carboxylic acids is 9. The van der Waals surface area contributed by atoms with Crippen LogP contribution in [0.2, 0.25) is 0 Å². The second kappa shape index (κ2) is 21.8. The normalized spacial score (nSPS) is 28.2. The molecule has 23 heteroatoms. The van der Waals surface area contributed by atoms with Crippen molar-refractivity contribution >= 4 is 58.8 Å². The van der Waals surface area contributed by atoms with Crippen LogP contribution < -0.4 is 38.1 Å². The molecule has 1 fully saturated rings. The Morgan fingerprint density at radius 1 is 0.800 bits per heavy atom. The molecule has 1 rings (SSSR count). The Labute approximate surface area is 314 Å². The lowest BCUT2D eigenvalue weighted by atomic mass is 9.84. The fourth-order valence-electron chi connectivity index (χ4n) is 5.22. The highest BCUT2D eigenvalue weighted by Gasteiger charge is 2.41. The van der Waals surface area contributed by atoms with Gasteiger partial charge in [-0.3, -0.25) is 43.2 Å². The van der Waals surface area contributed by atoms with Gasteiger partial charge in [-0.1, -0.05) is 13.8 Å². The van der Waals surface area contributed by atoms with E-state index in [1.54, 1.807) is 5.32 Å². The van der Waals surface area contributed by atoms with Crippen LogP contribution in [-0.2, 0) is 47.9 Å². The van der Waals surface area contributed by atoms with Crippen molar-refractivity contribution in [2.75, 3.05) is 13.2 Å². The molecule has 1 heterocycles. The van der Waals surface area contributed by atoms with E-state index in [0.717, 1.165) is 6.92 Å². The quantitative estimate of drug-likeness (QED) is 0.0914. The highest BCUT2D eigenvalue weighted by Crippen LogP contribution is 2.21. The van der Waals surface area contributed by atoms with Crippen molar-refractivity contribution in [1.82, 2.24) is 26.6 Å². The Balaban J connectivity index is 3.79. The summed E-state index contributed by atoms with van der Waals surface area (Å²) in [6.07, 6.45) is -12.0. The number of nitrogens with two attached hydrogens (primary N) is 2. The average molecular weight is 790 g/mol. The van der Waals surface area contributed by atoms with Gasteiger partial charge in [0.25, 0.3) is 5.91 Å². The molecule has 0 saturated carbocycles. The van der Waals surface area contributed by atoms with Gasteiger partial charge >= 0.3 is 5.97 Å². The monoisotopic (exact) mass is 789 g/mol. The topological polar surface area (TPSA) is 404 Å². The fraction of sp³-hybridized carbons (Fsp3) is 0.688. The van der Waals surface area contributed by atoms with Gasteiger partial charge in [-0.15, -0.1) is 0 Å². The lowest BCUT2D eigenvalue weighted by Gasteiger charge is -2.30. The Morgan fingerprint density at radius 2 is 1.38 bits per heavy atom. The van der Waals surface area contributed by atoms with Crippen molar-refractivity contribution in [2.24, 2.45) is 29.2 Å². The number of aliphatic carboxylic acids is 1. The first kappa shape index (κ1) is 48.1. The van der Waals surface area contributed by atoms with Gasteiger partial charge in [-0.05, 0) is 26.2 Å². The molecule has 0 aromatic carbocycles. The van der Waals surface area contributed by atoms with E-state index in [4.69, 9.17) is 11.5 Å². The summed E-state index contributed by atoms with van der Waals surface area (Å²) < 4.78 is 0. The minimum Gasteiger partial charge on any atom is -0.479 e. The van der Waals surface area contributed by atoms with Gasteiger partial charge in [0, 0.05) is 37.6 Å². The summed E-state index contributed by atoms with van der Waals surface area (Å²) in [7, 11) is 0. The minimum atomic E-state index is -2.48. The molecule has 0 bridgehead atoms. The molecule has 0 aliphatic carbocycles. The van der Waals surface area contributed by atoms with Crippen LogP contribution in [0.25, 0.3) is 0 Å². The Morgan fingerprint density at radius 3 is 1.87 bits per heavy atom. The molecule has 11 atom stereocenters. The second-order valence-electron chi connectivity index (χ2n) is 13.5. The molecular weight excluding hydrogens is 738 g/mol. The number of carboxylic acids is 1.